The zero-order valence-corrected chi connectivity index (χ0v) is 16.6. The van der Waals surface area contributed by atoms with E-state index in [0.29, 0.717) is 41.7 Å². The predicted molar refractivity (Wildman–Crippen MR) is 113 cm³/mol. The summed E-state index contributed by atoms with van der Waals surface area (Å²) in [5.74, 6) is -0.510. The van der Waals surface area contributed by atoms with E-state index in [9.17, 15) is 14.4 Å². The molecule has 2 amide bonds. The van der Waals surface area contributed by atoms with Crippen molar-refractivity contribution in [1.29, 1.82) is 0 Å². The predicted octanol–water partition coefficient (Wildman–Crippen LogP) is 2.45. The van der Waals surface area contributed by atoms with Gasteiger partial charge in [-0.3, -0.25) is 25.2 Å². The van der Waals surface area contributed by atoms with Crippen molar-refractivity contribution in [2.45, 2.75) is 19.9 Å². The number of hydrazine groups is 1. The molecule has 0 aliphatic carbocycles. The van der Waals surface area contributed by atoms with Gasteiger partial charge in [0, 0.05) is 17.5 Å². The van der Waals surface area contributed by atoms with Crippen LogP contribution in [0.4, 0.5) is 0 Å². The second-order valence-electron chi connectivity index (χ2n) is 6.45. The molecule has 3 rings (SSSR count). The van der Waals surface area contributed by atoms with Crippen LogP contribution in [-0.2, 0) is 6.54 Å². The topological polar surface area (TPSA) is 102 Å². The number of aryl methyl sites for hydroxylation is 1. The fraction of sp³-hybridized carbons (Fsp3) is 0.182. The zero-order valence-electron chi connectivity index (χ0n) is 16.6. The first-order valence-electron chi connectivity index (χ1n) is 9.49. The van der Waals surface area contributed by atoms with Crippen molar-refractivity contribution in [2.24, 2.45) is 0 Å². The van der Waals surface area contributed by atoms with E-state index in [-0.39, 0.29) is 11.3 Å². The third kappa shape index (κ3) is 4.54. The molecule has 0 aliphatic rings. The SMILES string of the molecule is C=CCOc1ccc(C(=O)NNC(=O)c2nn(CCC)c(=O)c3ccccc23)cc1. The molecular formula is C22H22N4O4. The highest BCUT2D eigenvalue weighted by Gasteiger charge is 2.17. The van der Waals surface area contributed by atoms with E-state index in [1.807, 2.05) is 6.92 Å². The Balaban J connectivity index is 1.77. The van der Waals surface area contributed by atoms with Crippen LogP contribution < -0.4 is 21.1 Å². The van der Waals surface area contributed by atoms with Crippen molar-refractivity contribution in [3.05, 3.63) is 82.8 Å². The fourth-order valence-corrected chi connectivity index (χ4v) is 2.87. The molecule has 30 heavy (non-hydrogen) atoms. The van der Waals surface area contributed by atoms with E-state index < -0.39 is 11.8 Å². The Morgan fingerprint density at radius 3 is 2.40 bits per heavy atom. The van der Waals surface area contributed by atoms with Crippen LogP contribution >= 0.6 is 0 Å². The molecule has 0 unspecified atom stereocenters. The lowest BCUT2D eigenvalue weighted by atomic mass is 10.1. The Kier molecular flexibility index (Phi) is 6.59. The summed E-state index contributed by atoms with van der Waals surface area (Å²) in [5, 5.41) is 5.01. The molecule has 1 heterocycles. The van der Waals surface area contributed by atoms with Crippen molar-refractivity contribution >= 4 is 22.6 Å². The highest BCUT2D eigenvalue weighted by molar-refractivity contribution is 6.06. The number of hydrogen-bond donors (Lipinski definition) is 2. The summed E-state index contributed by atoms with van der Waals surface area (Å²) in [6.07, 6.45) is 2.31. The smallest absolute Gasteiger partial charge is 0.290 e. The van der Waals surface area contributed by atoms with Gasteiger partial charge in [0.1, 0.15) is 12.4 Å². The van der Waals surface area contributed by atoms with Crippen LogP contribution in [0, 0.1) is 0 Å². The molecule has 0 atom stereocenters. The maximum atomic E-state index is 12.7. The number of carbonyl (C=O) groups excluding carboxylic acids is 2. The molecule has 0 saturated carbocycles. The lowest BCUT2D eigenvalue weighted by molar-refractivity contribution is 0.0843. The maximum Gasteiger partial charge on any atom is 0.290 e. The van der Waals surface area contributed by atoms with E-state index in [1.165, 1.54) is 4.68 Å². The zero-order chi connectivity index (χ0) is 21.5. The standard InChI is InChI=1S/C22H22N4O4/c1-3-13-26-22(29)18-8-6-5-7-17(18)19(25-26)21(28)24-23-20(27)15-9-11-16(12-10-15)30-14-4-2/h4-12H,2-3,13-14H2,1H3,(H,23,27)(H,24,28). The molecule has 0 radical (unpaired) electrons. The minimum atomic E-state index is -0.615. The van der Waals surface area contributed by atoms with Gasteiger partial charge >= 0.3 is 0 Å². The quantitative estimate of drug-likeness (QED) is 0.464. The molecule has 0 fully saturated rings. The number of benzene rings is 2. The van der Waals surface area contributed by atoms with Gasteiger partial charge in [-0.2, -0.15) is 5.10 Å². The van der Waals surface area contributed by atoms with Crippen LogP contribution in [0.5, 0.6) is 5.75 Å². The molecule has 0 saturated heterocycles. The first kappa shape index (κ1) is 20.8. The van der Waals surface area contributed by atoms with Gasteiger partial charge in [-0.25, -0.2) is 4.68 Å². The number of nitrogens with one attached hydrogen (secondary N) is 2. The van der Waals surface area contributed by atoms with E-state index in [0.717, 1.165) is 0 Å². The van der Waals surface area contributed by atoms with Gasteiger partial charge in [0.2, 0.25) is 0 Å². The van der Waals surface area contributed by atoms with Gasteiger partial charge in [-0.1, -0.05) is 37.8 Å². The number of rotatable bonds is 7. The number of fused-ring (bicyclic) bond motifs is 1. The first-order valence-corrected chi connectivity index (χ1v) is 9.49. The number of aromatic nitrogens is 2. The van der Waals surface area contributed by atoms with Crippen molar-refractivity contribution in [1.82, 2.24) is 20.6 Å². The molecule has 2 N–H and O–H groups in total. The van der Waals surface area contributed by atoms with E-state index >= 15 is 0 Å². The van der Waals surface area contributed by atoms with Crippen molar-refractivity contribution < 1.29 is 14.3 Å². The second-order valence-corrected chi connectivity index (χ2v) is 6.45. The molecular weight excluding hydrogens is 384 g/mol. The van der Waals surface area contributed by atoms with E-state index in [4.69, 9.17) is 4.74 Å². The second kappa shape index (κ2) is 9.51. The molecule has 3 aromatic rings. The monoisotopic (exact) mass is 406 g/mol. The van der Waals surface area contributed by atoms with Gasteiger partial charge in [-0.15, -0.1) is 0 Å². The minimum Gasteiger partial charge on any atom is -0.490 e. The maximum absolute atomic E-state index is 12.7. The van der Waals surface area contributed by atoms with Crippen molar-refractivity contribution in [3.8, 4) is 5.75 Å². The Hall–Kier alpha value is -3.94. The van der Waals surface area contributed by atoms with Crippen LogP contribution in [0.2, 0.25) is 0 Å². The summed E-state index contributed by atoms with van der Waals surface area (Å²) < 4.78 is 6.64. The molecule has 2 aromatic carbocycles. The molecule has 0 spiro atoms. The highest BCUT2D eigenvalue weighted by Crippen LogP contribution is 2.14. The summed E-state index contributed by atoms with van der Waals surface area (Å²) in [4.78, 5) is 37.6. The molecule has 1 aromatic heterocycles. The minimum absolute atomic E-state index is 0.0622. The Morgan fingerprint density at radius 2 is 1.73 bits per heavy atom. The molecule has 8 nitrogen and oxygen atoms in total. The van der Waals surface area contributed by atoms with Crippen LogP contribution in [0.15, 0.2) is 66.0 Å². The molecule has 0 bridgehead atoms. The largest absolute Gasteiger partial charge is 0.490 e. The van der Waals surface area contributed by atoms with E-state index in [1.54, 1.807) is 54.6 Å². The van der Waals surface area contributed by atoms with Crippen molar-refractivity contribution in [2.75, 3.05) is 6.61 Å². The summed E-state index contributed by atoms with van der Waals surface area (Å²) in [5.41, 5.74) is 4.88. The molecule has 154 valence electrons. The van der Waals surface area contributed by atoms with Crippen LogP contribution in [-0.4, -0.2) is 28.2 Å². The lowest BCUT2D eigenvalue weighted by Crippen LogP contribution is -2.42. The van der Waals surface area contributed by atoms with Crippen LogP contribution in [0.25, 0.3) is 10.8 Å². The first-order chi connectivity index (χ1) is 14.5. The van der Waals surface area contributed by atoms with Gasteiger partial charge in [0.25, 0.3) is 17.4 Å². The molecule has 8 heteroatoms. The Bertz CT molecular complexity index is 1140. The van der Waals surface area contributed by atoms with Gasteiger partial charge in [0.05, 0.1) is 5.39 Å². The average Bonchev–Trinajstić information content (AvgIpc) is 2.78. The number of carbonyl (C=O) groups is 2. The third-order valence-corrected chi connectivity index (χ3v) is 4.29. The summed E-state index contributed by atoms with van der Waals surface area (Å²) >= 11 is 0. The lowest BCUT2D eigenvalue weighted by Gasteiger charge is -2.11. The van der Waals surface area contributed by atoms with Gasteiger partial charge in [0.15, 0.2) is 5.69 Å². The summed E-state index contributed by atoms with van der Waals surface area (Å²) in [6.45, 7) is 6.24. The van der Waals surface area contributed by atoms with Crippen LogP contribution in [0.3, 0.4) is 0 Å². The summed E-state index contributed by atoms with van der Waals surface area (Å²) in [6, 6.07) is 13.2. The number of hydrogen-bond acceptors (Lipinski definition) is 5. The Labute approximate surface area is 173 Å². The highest BCUT2D eigenvalue weighted by atomic mass is 16.5. The number of ether oxygens (including phenoxy) is 1. The average molecular weight is 406 g/mol. The number of nitrogens with zero attached hydrogens (tertiary/aromatic N) is 2. The van der Waals surface area contributed by atoms with Gasteiger partial charge in [-0.05, 0) is 36.8 Å². The molecule has 0 aliphatic heterocycles. The van der Waals surface area contributed by atoms with Crippen molar-refractivity contribution in [3.63, 3.8) is 0 Å². The third-order valence-electron chi connectivity index (χ3n) is 4.29. The Morgan fingerprint density at radius 1 is 1.07 bits per heavy atom. The van der Waals surface area contributed by atoms with Crippen LogP contribution in [0.1, 0.15) is 34.2 Å². The number of amides is 2. The van der Waals surface area contributed by atoms with E-state index in [2.05, 4.69) is 22.5 Å². The normalized spacial score (nSPS) is 10.4. The summed E-state index contributed by atoms with van der Waals surface area (Å²) in [7, 11) is 0. The van der Waals surface area contributed by atoms with Gasteiger partial charge < -0.3 is 4.74 Å². The fourth-order valence-electron chi connectivity index (χ4n) is 2.87.